The van der Waals surface area contributed by atoms with E-state index in [4.69, 9.17) is 32.8 Å². The van der Waals surface area contributed by atoms with Crippen LogP contribution in [0.5, 0.6) is 0 Å². The second kappa shape index (κ2) is 13.9. The lowest BCUT2D eigenvalue weighted by Gasteiger charge is -2.24. The average molecular weight is 695 g/mol. The monoisotopic (exact) mass is 693 g/mol. The van der Waals surface area contributed by atoms with Gasteiger partial charge in [-0.05, 0) is 17.7 Å². The number of nitrogens with zero attached hydrogens (tertiary/aromatic N) is 4. The van der Waals surface area contributed by atoms with E-state index >= 15 is 0 Å². The number of nitrogens with one attached hydrogen (secondary N) is 3. The van der Waals surface area contributed by atoms with Gasteiger partial charge >= 0.3 is 12.1 Å². The summed E-state index contributed by atoms with van der Waals surface area (Å²) in [6, 6.07) is 11.0. The number of carbonyl (C=O) groups excluding carboxylic acids is 2. The zero-order valence-corrected chi connectivity index (χ0v) is 26.3. The molecule has 244 valence electrons. The van der Waals surface area contributed by atoms with Crippen molar-refractivity contribution in [2.24, 2.45) is 5.16 Å². The quantitative estimate of drug-likeness (QED) is 0.205. The van der Waals surface area contributed by atoms with Gasteiger partial charge in [-0.25, -0.2) is 18.2 Å². The third-order valence-corrected chi connectivity index (χ3v) is 9.82. The first kappa shape index (κ1) is 33.0. The number of carboxylic acids is 1. The number of hydrogen-bond donors (Lipinski definition) is 4. The number of aromatic nitrogens is 2. The third kappa shape index (κ3) is 7.52. The van der Waals surface area contributed by atoms with Gasteiger partial charge in [0.05, 0.1) is 35.6 Å². The Bertz CT molecular complexity index is 1690. The molecule has 3 aromatic rings. The van der Waals surface area contributed by atoms with Crippen LogP contribution >= 0.6 is 23.2 Å². The number of aliphatic carboxylic acids is 1. The molecule has 2 unspecified atom stereocenters. The number of H-pyrrole nitrogens is 1. The molecule has 3 heterocycles. The maximum Gasteiger partial charge on any atom is 0.410 e. The van der Waals surface area contributed by atoms with E-state index in [9.17, 15) is 27.9 Å². The van der Waals surface area contributed by atoms with Crippen molar-refractivity contribution in [3.63, 3.8) is 0 Å². The number of oxime groups is 1. The first-order valence-corrected chi connectivity index (χ1v) is 16.1. The SMILES string of the molecule is O=CN(CC(NS(=O)(=O)c1c(Cl)cccc1Cl)C(=O)O)C1=NO[C@]2(C1)CC(CNc1ncc[nH]1)N(C(=O)OCc1ccccc1)C2. The molecule has 2 aliphatic heterocycles. The lowest BCUT2D eigenvalue weighted by atomic mass is 9.95. The van der Waals surface area contributed by atoms with Gasteiger partial charge in [0, 0.05) is 25.4 Å². The summed E-state index contributed by atoms with van der Waals surface area (Å²) in [5, 5.41) is 16.6. The van der Waals surface area contributed by atoms with Crippen molar-refractivity contribution in [2.75, 3.05) is 25.0 Å². The molecule has 2 aliphatic rings. The Morgan fingerprint density at radius 2 is 1.96 bits per heavy atom. The minimum atomic E-state index is -4.52. The Morgan fingerprint density at radius 3 is 2.61 bits per heavy atom. The number of rotatable bonds is 12. The number of imidazole rings is 1. The molecular weight excluding hydrogens is 665 g/mol. The Kier molecular flexibility index (Phi) is 10.0. The van der Waals surface area contributed by atoms with Crippen molar-refractivity contribution in [2.45, 2.75) is 42.0 Å². The molecule has 1 spiro atoms. The molecule has 0 aliphatic carbocycles. The predicted octanol–water partition coefficient (Wildman–Crippen LogP) is 2.90. The fraction of sp³-hybridized carbons (Fsp3) is 0.321. The highest BCUT2D eigenvalue weighted by atomic mass is 35.5. The van der Waals surface area contributed by atoms with Crippen LogP contribution in [0.2, 0.25) is 10.0 Å². The maximum atomic E-state index is 13.3. The first-order valence-electron chi connectivity index (χ1n) is 13.9. The van der Waals surface area contributed by atoms with E-state index in [0.717, 1.165) is 10.5 Å². The van der Waals surface area contributed by atoms with Crippen molar-refractivity contribution in [1.82, 2.24) is 24.5 Å². The summed E-state index contributed by atoms with van der Waals surface area (Å²) in [7, 11) is -4.52. The average Bonchev–Trinajstić information content (AvgIpc) is 3.78. The Labute approximate surface area is 273 Å². The molecule has 15 nitrogen and oxygen atoms in total. The number of carbonyl (C=O) groups is 3. The fourth-order valence-corrected chi connectivity index (χ4v) is 7.55. The number of aromatic amines is 1. The number of hydrogen-bond acceptors (Lipinski definition) is 10. The highest BCUT2D eigenvalue weighted by Crippen LogP contribution is 2.38. The van der Waals surface area contributed by atoms with Crippen molar-refractivity contribution >= 4 is 63.5 Å². The van der Waals surface area contributed by atoms with Crippen LogP contribution in [0.15, 0.2) is 71.0 Å². The predicted molar refractivity (Wildman–Crippen MR) is 166 cm³/mol. The summed E-state index contributed by atoms with van der Waals surface area (Å²) in [5.74, 6) is -1.02. The summed E-state index contributed by atoms with van der Waals surface area (Å²) in [6.45, 7) is -0.260. The molecule has 5 rings (SSSR count). The molecule has 4 N–H and O–H groups in total. The Morgan fingerprint density at radius 1 is 1.22 bits per heavy atom. The number of sulfonamides is 1. The van der Waals surface area contributed by atoms with E-state index in [1.807, 2.05) is 35.1 Å². The molecule has 0 radical (unpaired) electrons. The molecule has 46 heavy (non-hydrogen) atoms. The second-order valence-corrected chi connectivity index (χ2v) is 13.1. The summed E-state index contributed by atoms with van der Waals surface area (Å²) in [5.41, 5.74) is -0.263. The van der Waals surface area contributed by atoms with Crippen LogP contribution in [-0.4, -0.2) is 94.9 Å². The zero-order valence-electron chi connectivity index (χ0n) is 24.0. The maximum absolute atomic E-state index is 13.3. The number of likely N-dealkylation sites (tertiary alicyclic amines) is 1. The van der Waals surface area contributed by atoms with Crippen molar-refractivity contribution in [1.29, 1.82) is 0 Å². The molecule has 1 fully saturated rings. The van der Waals surface area contributed by atoms with Gasteiger partial charge in [0.1, 0.15) is 17.5 Å². The minimum absolute atomic E-state index is 0.0148. The van der Waals surface area contributed by atoms with Gasteiger partial charge in [0.25, 0.3) is 0 Å². The molecule has 2 amide bonds. The lowest BCUT2D eigenvalue weighted by molar-refractivity contribution is -0.139. The largest absolute Gasteiger partial charge is 0.480 e. The highest BCUT2D eigenvalue weighted by molar-refractivity contribution is 7.89. The smallest absolute Gasteiger partial charge is 0.410 e. The summed E-state index contributed by atoms with van der Waals surface area (Å²) < 4.78 is 33.7. The molecule has 0 bridgehead atoms. The van der Waals surface area contributed by atoms with Crippen LogP contribution in [-0.2, 0) is 35.8 Å². The van der Waals surface area contributed by atoms with Crippen LogP contribution in [0.25, 0.3) is 0 Å². The first-order chi connectivity index (χ1) is 22.0. The summed E-state index contributed by atoms with van der Waals surface area (Å²) in [6.07, 6.45) is 3.25. The number of benzene rings is 2. The molecule has 0 saturated carbocycles. The third-order valence-electron chi connectivity index (χ3n) is 7.40. The number of amides is 2. The number of carboxylic acid groups (broad SMARTS) is 1. The highest BCUT2D eigenvalue weighted by Gasteiger charge is 2.53. The van der Waals surface area contributed by atoms with Crippen LogP contribution < -0.4 is 10.0 Å². The molecule has 1 saturated heterocycles. The molecule has 2 aromatic carbocycles. The summed E-state index contributed by atoms with van der Waals surface area (Å²) >= 11 is 12.1. The molecular formula is C28H29Cl2N7O8S. The van der Waals surface area contributed by atoms with Gasteiger partial charge in [-0.2, -0.15) is 4.72 Å². The Balaban J connectivity index is 1.28. The van der Waals surface area contributed by atoms with Crippen molar-refractivity contribution < 1.29 is 37.5 Å². The zero-order chi connectivity index (χ0) is 32.9. The van der Waals surface area contributed by atoms with Gasteiger partial charge in [0.15, 0.2) is 17.4 Å². The standard InChI is InChI=1S/C28H29Cl2N7O8S/c29-20-7-4-8-21(30)24(20)46(42,43)35-22(25(39)40)14-36(17-38)23-12-28(45-34-23)11-19(13-33-26-31-9-10-32-26)37(16-28)27(41)44-15-18-5-2-1-3-6-18/h1-10,17,19,22,35H,11-16H2,(H,39,40)(H2,31,32,33)/t19?,22?,28-/m0/s1. The number of ether oxygens (including phenoxy) is 1. The van der Waals surface area contributed by atoms with E-state index in [2.05, 4.69) is 20.4 Å². The fourth-order valence-electron chi connectivity index (χ4n) is 5.23. The van der Waals surface area contributed by atoms with Gasteiger partial charge < -0.3 is 25.0 Å². The van der Waals surface area contributed by atoms with Crippen LogP contribution in [0, 0.1) is 0 Å². The number of amidine groups is 1. The van der Waals surface area contributed by atoms with Gasteiger partial charge in [-0.1, -0.05) is 64.8 Å². The van der Waals surface area contributed by atoms with E-state index in [1.165, 1.54) is 23.1 Å². The topological polar surface area (TPSA) is 196 Å². The molecule has 3 atom stereocenters. The van der Waals surface area contributed by atoms with Crippen molar-refractivity contribution in [3.8, 4) is 0 Å². The van der Waals surface area contributed by atoms with E-state index in [0.29, 0.717) is 12.4 Å². The lowest BCUT2D eigenvalue weighted by Crippen LogP contribution is -2.50. The van der Waals surface area contributed by atoms with Gasteiger partial charge in [-0.15, -0.1) is 0 Å². The van der Waals surface area contributed by atoms with Crippen molar-refractivity contribution in [3.05, 3.63) is 76.5 Å². The number of anilines is 1. The van der Waals surface area contributed by atoms with Gasteiger partial charge in [-0.3, -0.25) is 19.4 Å². The molecule has 1 aromatic heterocycles. The van der Waals surface area contributed by atoms with E-state index in [1.54, 1.807) is 12.4 Å². The van der Waals surface area contributed by atoms with E-state index in [-0.39, 0.29) is 48.4 Å². The van der Waals surface area contributed by atoms with Crippen LogP contribution in [0.4, 0.5) is 10.7 Å². The number of halogens is 2. The van der Waals surface area contributed by atoms with Crippen LogP contribution in [0.3, 0.4) is 0 Å². The van der Waals surface area contributed by atoms with Gasteiger partial charge in [0.2, 0.25) is 16.4 Å². The van der Waals surface area contributed by atoms with E-state index < -0.39 is 51.2 Å². The molecule has 18 heteroatoms. The Hall–Kier alpha value is -4.38. The minimum Gasteiger partial charge on any atom is -0.480 e. The normalized spacial score (nSPS) is 19.7. The summed E-state index contributed by atoms with van der Waals surface area (Å²) in [4.78, 5) is 52.4. The second-order valence-electron chi connectivity index (χ2n) is 10.6. The van der Waals surface area contributed by atoms with Crippen LogP contribution in [0.1, 0.15) is 18.4 Å².